The molecular formula is C13H17ClN2O3S. The lowest BCUT2D eigenvalue weighted by molar-refractivity contribution is 0.142. The highest BCUT2D eigenvalue weighted by molar-refractivity contribution is 7.89. The summed E-state index contributed by atoms with van der Waals surface area (Å²) in [5, 5.41) is 8.83. The number of hydrogen-bond acceptors (Lipinski definition) is 4. The Labute approximate surface area is 124 Å². The first-order chi connectivity index (χ1) is 9.38. The third-order valence-electron chi connectivity index (χ3n) is 2.86. The minimum Gasteiger partial charge on any atom is -0.383 e. The third kappa shape index (κ3) is 3.49. The number of rotatable bonds is 6. The predicted octanol–water partition coefficient (Wildman–Crippen LogP) is 2.26. The van der Waals surface area contributed by atoms with Gasteiger partial charge in [-0.1, -0.05) is 18.5 Å². The summed E-state index contributed by atoms with van der Waals surface area (Å²) in [6.45, 7) is 4.12. The van der Waals surface area contributed by atoms with Gasteiger partial charge in [0.2, 0.25) is 10.0 Å². The molecule has 0 aromatic heterocycles. The monoisotopic (exact) mass is 316 g/mol. The predicted molar refractivity (Wildman–Crippen MR) is 77.1 cm³/mol. The molecule has 0 aliphatic rings. The van der Waals surface area contributed by atoms with Gasteiger partial charge in [-0.3, -0.25) is 0 Å². The lowest BCUT2D eigenvalue weighted by atomic mass is 10.2. The molecule has 7 heteroatoms. The van der Waals surface area contributed by atoms with Gasteiger partial charge >= 0.3 is 0 Å². The normalized spacial score (nSPS) is 13.2. The van der Waals surface area contributed by atoms with E-state index in [9.17, 15) is 8.42 Å². The highest BCUT2D eigenvalue weighted by Crippen LogP contribution is 2.26. The molecule has 1 aromatic rings. The second-order valence-corrected chi connectivity index (χ2v) is 6.54. The standard InChI is InChI=1S/C13H17ClN2O3S/c1-4-16(10(2)9-19-3)20(17,18)13-6-5-11(8-15)7-12(13)14/h5-7,10H,4,9H2,1-3H3. The Balaban J connectivity index is 3.24. The van der Waals surface area contributed by atoms with Gasteiger partial charge in [-0.2, -0.15) is 9.57 Å². The highest BCUT2D eigenvalue weighted by Gasteiger charge is 2.29. The average Bonchev–Trinajstić information content (AvgIpc) is 2.38. The van der Waals surface area contributed by atoms with E-state index in [0.717, 1.165) is 0 Å². The quantitative estimate of drug-likeness (QED) is 0.807. The number of nitriles is 1. The minimum atomic E-state index is -3.72. The fourth-order valence-electron chi connectivity index (χ4n) is 1.95. The molecule has 0 fully saturated rings. The van der Waals surface area contributed by atoms with Gasteiger partial charge in [-0.15, -0.1) is 0 Å². The van der Waals surface area contributed by atoms with Crippen LogP contribution in [0.15, 0.2) is 23.1 Å². The van der Waals surface area contributed by atoms with Gasteiger partial charge < -0.3 is 4.74 Å². The lowest BCUT2D eigenvalue weighted by Crippen LogP contribution is -2.40. The third-order valence-corrected chi connectivity index (χ3v) is 5.43. The first kappa shape index (κ1) is 16.9. The van der Waals surface area contributed by atoms with Gasteiger partial charge in [0.15, 0.2) is 0 Å². The zero-order valence-corrected chi connectivity index (χ0v) is 13.2. The Bertz CT molecular complexity index is 611. The number of likely N-dealkylation sites (N-methyl/N-ethyl adjacent to an activating group) is 1. The van der Waals surface area contributed by atoms with Crippen molar-refractivity contribution >= 4 is 21.6 Å². The van der Waals surface area contributed by atoms with Crippen LogP contribution < -0.4 is 0 Å². The fraction of sp³-hybridized carbons (Fsp3) is 0.462. The molecule has 1 aromatic carbocycles. The number of ether oxygens (including phenoxy) is 1. The van der Waals surface area contributed by atoms with E-state index < -0.39 is 10.0 Å². The molecule has 0 radical (unpaired) electrons. The van der Waals surface area contributed by atoms with E-state index in [-0.39, 0.29) is 16.0 Å². The second kappa shape index (κ2) is 7.04. The summed E-state index contributed by atoms with van der Waals surface area (Å²) in [6, 6.07) is 5.76. The van der Waals surface area contributed by atoms with Crippen LogP contribution in [0.4, 0.5) is 0 Å². The van der Waals surface area contributed by atoms with Crippen LogP contribution in [0.3, 0.4) is 0 Å². The van der Waals surface area contributed by atoms with E-state index in [0.29, 0.717) is 18.7 Å². The number of hydrogen-bond donors (Lipinski definition) is 0. The molecule has 20 heavy (non-hydrogen) atoms. The van der Waals surface area contributed by atoms with Crippen LogP contribution in [-0.2, 0) is 14.8 Å². The average molecular weight is 317 g/mol. The van der Waals surface area contributed by atoms with Gasteiger partial charge in [0.25, 0.3) is 0 Å². The number of methoxy groups -OCH3 is 1. The topological polar surface area (TPSA) is 70.4 Å². The molecule has 0 heterocycles. The zero-order valence-electron chi connectivity index (χ0n) is 11.6. The van der Waals surface area contributed by atoms with Crippen LogP contribution in [0.1, 0.15) is 19.4 Å². The van der Waals surface area contributed by atoms with Gasteiger partial charge in [0.05, 0.1) is 23.3 Å². The second-order valence-electron chi connectivity index (χ2n) is 4.27. The molecule has 0 saturated carbocycles. The fourth-order valence-corrected chi connectivity index (χ4v) is 4.09. The van der Waals surface area contributed by atoms with Crippen LogP contribution in [0.2, 0.25) is 5.02 Å². The summed E-state index contributed by atoms with van der Waals surface area (Å²) in [5.74, 6) is 0. The molecule has 0 bridgehead atoms. The van der Waals surface area contributed by atoms with Crippen molar-refractivity contribution < 1.29 is 13.2 Å². The minimum absolute atomic E-state index is 0.00275. The molecule has 0 saturated heterocycles. The first-order valence-corrected chi connectivity index (χ1v) is 7.90. The molecular weight excluding hydrogens is 300 g/mol. The van der Waals surface area contributed by atoms with E-state index in [1.807, 2.05) is 6.07 Å². The lowest BCUT2D eigenvalue weighted by Gasteiger charge is -2.27. The molecule has 0 aliphatic carbocycles. The van der Waals surface area contributed by atoms with Crippen molar-refractivity contribution in [2.45, 2.75) is 24.8 Å². The number of sulfonamides is 1. The maximum Gasteiger partial charge on any atom is 0.244 e. The molecule has 1 atom stereocenters. The van der Waals surface area contributed by atoms with Crippen LogP contribution in [-0.4, -0.2) is 39.0 Å². The Morgan fingerprint density at radius 1 is 1.50 bits per heavy atom. The van der Waals surface area contributed by atoms with Gasteiger partial charge in [-0.05, 0) is 25.1 Å². The van der Waals surface area contributed by atoms with Crippen LogP contribution in [0.5, 0.6) is 0 Å². The summed E-state index contributed by atoms with van der Waals surface area (Å²) in [4.78, 5) is 0.00275. The Morgan fingerprint density at radius 3 is 2.60 bits per heavy atom. The van der Waals surface area contributed by atoms with Crippen molar-refractivity contribution in [1.29, 1.82) is 5.26 Å². The summed E-state index contributed by atoms with van der Waals surface area (Å²) in [5.41, 5.74) is 0.321. The zero-order chi connectivity index (χ0) is 15.3. The van der Waals surface area contributed by atoms with E-state index >= 15 is 0 Å². The Kier molecular flexibility index (Phi) is 5.96. The molecule has 1 rings (SSSR count). The molecule has 0 spiro atoms. The summed E-state index contributed by atoms with van der Waals surface area (Å²) in [7, 11) is -2.20. The highest BCUT2D eigenvalue weighted by atomic mass is 35.5. The maximum absolute atomic E-state index is 12.6. The van der Waals surface area contributed by atoms with Gasteiger partial charge in [0.1, 0.15) is 4.90 Å². The molecule has 5 nitrogen and oxygen atoms in total. The van der Waals surface area contributed by atoms with Gasteiger partial charge in [-0.25, -0.2) is 8.42 Å². The van der Waals surface area contributed by atoms with Crippen molar-refractivity contribution in [1.82, 2.24) is 4.31 Å². The smallest absolute Gasteiger partial charge is 0.244 e. The van der Waals surface area contributed by atoms with E-state index in [2.05, 4.69) is 0 Å². The SMILES string of the molecule is CCN(C(C)COC)S(=O)(=O)c1ccc(C#N)cc1Cl. The van der Waals surface area contributed by atoms with E-state index in [1.165, 1.54) is 29.6 Å². The van der Waals surface area contributed by atoms with Crippen molar-refractivity contribution in [2.24, 2.45) is 0 Å². The van der Waals surface area contributed by atoms with Crippen molar-refractivity contribution in [2.75, 3.05) is 20.3 Å². The van der Waals surface area contributed by atoms with Crippen LogP contribution in [0.25, 0.3) is 0 Å². The number of benzene rings is 1. The molecule has 110 valence electrons. The van der Waals surface area contributed by atoms with E-state index in [4.69, 9.17) is 21.6 Å². The summed E-state index contributed by atoms with van der Waals surface area (Å²) in [6.07, 6.45) is 0. The molecule has 0 amide bonds. The van der Waals surface area contributed by atoms with Crippen LogP contribution >= 0.6 is 11.6 Å². The van der Waals surface area contributed by atoms with Crippen molar-refractivity contribution in [3.63, 3.8) is 0 Å². The summed E-state index contributed by atoms with van der Waals surface area (Å²) < 4.78 is 31.5. The van der Waals surface area contributed by atoms with E-state index in [1.54, 1.807) is 13.8 Å². The molecule has 0 N–H and O–H groups in total. The van der Waals surface area contributed by atoms with Crippen molar-refractivity contribution in [3.05, 3.63) is 28.8 Å². The molecule has 0 aliphatic heterocycles. The Morgan fingerprint density at radius 2 is 2.15 bits per heavy atom. The van der Waals surface area contributed by atoms with Crippen molar-refractivity contribution in [3.8, 4) is 6.07 Å². The largest absolute Gasteiger partial charge is 0.383 e. The molecule has 1 unspecified atom stereocenters. The number of halogens is 1. The van der Waals surface area contributed by atoms with Crippen LogP contribution in [0, 0.1) is 11.3 Å². The maximum atomic E-state index is 12.6. The number of nitrogens with zero attached hydrogens (tertiary/aromatic N) is 2. The first-order valence-electron chi connectivity index (χ1n) is 6.08. The van der Waals surface area contributed by atoms with Gasteiger partial charge in [0, 0.05) is 19.7 Å². The Hall–Kier alpha value is -1.13. The summed E-state index contributed by atoms with van der Waals surface area (Å²) >= 11 is 5.99.